The van der Waals surface area contributed by atoms with Crippen LogP contribution >= 0.6 is 11.8 Å². The summed E-state index contributed by atoms with van der Waals surface area (Å²) in [6.07, 6.45) is 0. The Labute approximate surface area is 108 Å². The predicted octanol–water partition coefficient (Wildman–Crippen LogP) is 3.82. The van der Waals surface area contributed by atoms with Crippen molar-refractivity contribution in [3.63, 3.8) is 0 Å². The Kier molecular flexibility index (Phi) is 3.99. The second kappa shape index (κ2) is 5.69. The van der Waals surface area contributed by atoms with Crippen molar-refractivity contribution in [3.05, 3.63) is 65.5 Å². The molecule has 0 bridgehead atoms. The molecule has 18 heavy (non-hydrogen) atoms. The van der Waals surface area contributed by atoms with E-state index >= 15 is 0 Å². The van der Waals surface area contributed by atoms with Gasteiger partial charge in [-0.3, -0.25) is 0 Å². The maximum absolute atomic E-state index is 12.7. The van der Waals surface area contributed by atoms with Crippen LogP contribution in [0.2, 0.25) is 0 Å². The van der Waals surface area contributed by atoms with Crippen molar-refractivity contribution in [1.82, 2.24) is 0 Å². The van der Waals surface area contributed by atoms with Crippen molar-refractivity contribution < 1.29 is 14.3 Å². The Morgan fingerprint density at radius 2 is 1.78 bits per heavy atom. The lowest BCUT2D eigenvalue weighted by molar-refractivity contribution is 0.0693. The van der Waals surface area contributed by atoms with Gasteiger partial charge in [0.1, 0.15) is 5.82 Å². The molecule has 2 nitrogen and oxygen atoms in total. The van der Waals surface area contributed by atoms with Crippen molar-refractivity contribution in [2.45, 2.75) is 10.6 Å². The van der Waals surface area contributed by atoms with Crippen LogP contribution in [0.25, 0.3) is 0 Å². The summed E-state index contributed by atoms with van der Waals surface area (Å²) in [7, 11) is 0. The van der Waals surface area contributed by atoms with Gasteiger partial charge in [0.05, 0.1) is 5.56 Å². The van der Waals surface area contributed by atoms with Gasteiger partial charge < -0.3 is 5.11 Å². The highest BCUT2D eigenvalue weighted by Crippen LogP contribution is 2.26. The molecular formula is C14H11FO2S. The van der Waals surface area contributed by atoms with E-state index in [1.165, 1.54) is 23.9 Å². The van der Waals surface area contributed by atoms with Gasteiger partial charge >= 0.3 is 5.97 Å². The lowest BCUT2D eigenvalue weighted by Crippen LogP contribution is -1.98. The number of carbonyl (C=O) groups is 1. The largest absolute Gasteiger partial charge is 0.478 e. The summed E-state index contributed by atoms with van der Waals surface area (Å²) in [5.41, 5.74) is 1.26. The first-order chi connectivity index (χ1) is 8.66. The van der Waals surface area contributed by atoms with Gasteiger partial charge in [-0.2, -0.15) is 0 Å². The van der Waals surface area contributed by atoms with Gasteiger partial charge in [-0.1, -0.05) is 24.3 Å². The molecule has 0 aromatic heterocycles. The molecule has 0 aliphatic heterocycles. The van der Waals surface area contributed by atoms with Crippen LogP contribution in [0.1, 0.15) is 15.9 Å². The number of hydrogen-bond acceptors (Lipinski definition) is 2. The standard InChI is InChI=1S/C14H11FO2S/c15-11-7-5-10(6-8-11)9-18-13-4-2-1-3-12(13)14(16)17/h1-8H,9H2,(H,16,17). The van der Waals surface area contributed by atoms with E-state index in [4.69, 9.17) is 5.11 Å². The van der Waals surface area contributed by atoms with E-state index in [1.54, 1.807) is 36.4 Å². The molecule has 92 valence electrons. The molecular weight excluding hydrogens is 251 g/mol. The molecule has 0 heterocycles. The van der Waals surface area contributed by atoms with Crippen LogP contribution in [0.5, 0.6) is 0 Å². The first-order valence-electron chi connectivity index (χ1n) is 5.36. The molecule has 0 aliphatic carbocycles. The Morgan fingerprint density at radius 3 is 2.44 bits per heavy atom. The van der Waals surface area contributed by atoms with E-state index < -0.39 is 5.97 Å². The van der Waals surface area contributed by atoms with Crippen LogP contribution in [0.15, 0.2) is 53.4 Å². The average molecular weight is 262 g/mol. The van der Waals surface area contributed by atoms with E-state index in [0.717, 1.165) is 5.56 Å². The number of halogens is 1. The van der Waals surface area contributed by atoms with E-state index in [1.807, 2.05) is 0 Å². The third kappa shape index (κ3) is 3.11. The molecule has 1 N–H and O–H groups in total. The summed E-state index contributed by atoms with van der Waals surface area (Å²) in [6, 6.07) is 13.1. The van der Waals surface area contributed by atoms with E-state index in [9.17, 15) is 9.18 Å². The molecule has 0 spiro atoms. The maximum Gasteiger partial charge on any atom is 0.336 e. The molecule has 0 amide bonds. The summed E-state index contributed by atoms with van der Waals surface area (Å²) in [6.45, 7) is 0. The summed E-state index contributed by atoms with van der Waals surface area (Å²) in [5, 5.41) is 9.04. The fraction of sp³-hybridized carbons (Fsp3) is 0.0714. The zero-order valence-corrected chi connectivity index (χ0v) is 10.3. The Bertz CT molecular complexity index is 552. The monoisotopic (exact) mass is 262 g/mol. The number of thioether (sulfide) groups is 1. The van der Waals surface area contributed by atoms with Crippen molar-refractivity contribution >= 4 is 17.7 Å². The third-order valence-electron chi connectivity index (χ3n) is 2.43. The van der Waals surface area contributed by atoms with Crippen LogP contribution in [0.3, 0.4) is 0 Å². The van der Waals surface area contributed by atoms with Crippen molar-refractivity contribution in [1.29, 1.82) is 0 Å². The summed E-state index contributed by atoms with van der Waals surface area (Å²) in [4.78, 5) is 11.7. The van der Waals surface area contributed by atoms with Gasteiger partial charge in [-0.25, -0.2) is 9.18 Å². The lowest BCUT2D eigenvalue weighted by Gasteiger charge is -2.05. The number of carboxylic acids is 1. The second-order valence-electron chi connectivity index (χ2n) is 3.72. The van der Waals surface area contributed by atoms with Crippen LogP contribution in [-0.2, 0) is 5.75 Å². The average Bonchev–Trinajstić information content (AvgIpc) is 2.38. The van der Waals surface area contributed by atoms with Gasteiger partial charge in [0.2, 0.25) is 0 Å². The zero-order chi connectivity index (χ0) is 13.0. The Morgan fingerprint density at radius 1 is 1.11 bits per heavy atom. The van der Waals surface area contributed by atoms with E-state index in [0.29, 0.717) is 16.2 Å². The molecule has 0 aliphatic rings. The van der Waals surface area contributed by atoms with Crippen molar-refractivity contribution in [2.24, 2.45) is 0 Å². The molecule has 0 saturated heterocycles. The third-order valence-corrected chi connectivity index (χ3v) is 3.57. The molecule has 2 aromatic carbocycles. The Hall–Kier alpha value is -1.81. The Balaban J connectivity index is 2.10. The quantitative estimate of drug-likeness (QED) is 0.851. The van der Waals surface area contributed by atoms with Crippen LogP contribution < -0.4 is 0 Å². The SMILES string of the molecule is O=C(O)c1ccccc1SCc1ccc(F)cc1. The summed E-state index contributed by atoms with van der Waals surface area (Å²) >= 11 is 1.43. The van der Waals surface area contributed by atoms with Gasteiger partial charge in [-0.15, -0.1) is 11.8 Å². The predicted molar refractivity (Wildman–Crippen MR) is 69.4 cm³/mol. The molecule has 2 rings (SSSR count). The first kappa shape index (κ1) is 12.6. The number of hydrogen-bond donors (Lipinski definition) is 1. The number of rotatable bonds is 4. The van der Waals surface area contributed by atoms with Gasteiger partial charge in [0, 0.05) is 10.6 Å². The van der Waals surface area contributed by atoms with Crippen LogP contribution in [-0.4, -0.2) is 11.1 Å². The molecule has 0 fully saturated rings. The highest BCUT2D eigenvalue weighted by atomic mass is 32.2. The highest BCUT2D eigenvalue weighted by molar-refractivity contribution is 7.98. The van der Waals surface area contributed by atoms with Crippen molar-refractivity contribution in [2.75, 3.05) is 0 Å². The highest BCUT2D eigenvalue weighted by Gasteiger charge is 2.09. The number of benzene rings is 2. The van der Waals surface area contributed by atoms with Gasteiger partial charge in [-0.05, 0) is 29.8 Å². The minimum atomic E-state index is -0.933. The molecule has 0 unspecified atom stereocenters. The van der Waals surface area contributed by atoms with Gasteiger partial charge in [0.25, 0.3) is 0 Å². The van der Waals surface area contributed by atoms with Crippen molar-refractivity contribution in [3.8, 4) is 0 Å². The minimum Gasteiger partial charge on any atom is -0.478 e. The number of carboxylic acid groups (broad SMARTS) is 1. The molecule has 4 heteroatoms. The minimum absolute atomic E-state index is 0.269. The van der Waals surface area contributed by atoms with Crippen LogP contribution in [0, 0.1) is 5.82 Å². The molecule has 0 radical (unpaired) electrons. The normalized spacial score (nSPS) is 10.3. The number of aromatic carboxylic acids is 1. The summed E-state index contributed by atoms with van der Waals surface area (Å²) < 4.78 is 12.7. The fourth-order valence-corrected chi connectivity index (χ4v) is 2.51. The van der Waals surface area contributed by atoms with Crippen LogP contribution in [0.4, 0.5) is 4.39 Å². The lowest BCUT2D eigenvalue weighted by atomic mass is 10.2. The smallest absolute Gasteiger partial charge is 0.336 e. The van der Waals surface area contributed by atoms with Gasteiger partial charge in [0.15, 0.2) is 0 Å². The first-order valence-corrected chi connectivity index (χ1v) is 6.35. The molecule has 2 aromatic rings. The maximum atomic E-state index is 12.7. The van der Waals surface area contributed by atoms with E-state index in [-0.39, 0.29) is 5.82 Å². The molecule has 0 saturated carbocycles. The zero-order valence-electron chi connectivity index (χ0n) is 9.47. The summed E-state index contributed by atoms with van der Waals surface area (Å²) in [5.74, 6) is -0.586. The molecule has 0 atom stereocenters. The van der Waals surface area contributed by atoms with E-state index in [2.05, 4.69) is 0 Å². The fourth-order valence-electron chi connectivity index (χ4n) is 1.51. The topological polar surface area (TPSA) is 37.3 Å². The second-order valence-corrected chi connectivity index (χ2v) is 4.73.